The quantitative estimate of drug-likeness (QED) is 0.543. The van der Waals surface area contributed by atoms with Crippen LogP contribution < -0.4 is 0 Å². The first-order chi connectivity index (χ1) is 13.5. The van der Waals surface area contributed by atoms with Crippen LogP contribution in [0.4, 0.5) is 0 Å². The zero-order valence-corrected chi connectivity index (χ0v) is 18.2. The van der Waals surface area contributed by atoms with Crippen LogP contribution in [-0.2, 0) is 11.2 Å². The van der Waals surface area contributed by atoms with Gasteiger partial charge in [0.1, 0.15) is 0 Å². The lowest BCUT2D eigenvalue weighted by Gasteiger charge is -2.31. The molecule has 5 heteroatoms. The molecule has 0 unspecified atom stereocenters. The van der Waals surface area contributed by atoms with Crippen LogP contribution >= 0.6 is 0 Å². The highest BCUT2D eigenvalue weighted by Gasteiger charge is 2.30. The second kappa shape index (κ2) is 11.9. The summed E-state index contributed by atoms with van der Waals surface area (Å²) in [5.74, 6) is 0.896. The number of aromatic nitrogens is 1. The van der Waals surface area contributed by atoms with Crippen LogP contribution in [0, 0.1) is 5.92 Å². The van der Waals surface area contributed by atoms with E-state index in [0.717, 1.165) is 50.2 Å². The molecule has 0 spiro atoms. The Bertz CT molecular complexity index is 629. The van der Waals surface area contributed by atoms with Crippen molar-refractivity contribution >= 4 is 12.1 Å². The zero-order valence-electron chi connectivity index (χ0n) is 18.2. The van der Waals surface area contributed by atoms with Gasteiger partial charge in [0.05, 0.1) is 0 Å². The normalized spacial score (nSPS) is 19.6. The summed E-state index contributed by atoms with van der Waals surface area (Å²) in [5, 5.41) is 0. The lowest BCUT2D eigenvalue weighted by Crippen LogP contribution is -2.41. The monoisotopic (exact) mass is 386 g/mol. The Hall–Kier alpha value is -1.75. The first-order valence-corrected chi connectivity index (χ1v) is 10.9. The topological polar surface area (TPSA) is 48.8 Å². The van der Waals surface area contributed by atoms with Crippen LogP contribution in [0.3, 0.4) is 0 Å². The highest BCUT2D eigenvalue weighted by Crippen LogP contribution is 2.29. The SMILES string of the molecule is CCCN=Cc1ccnc(CCCC(=O)N(CC)C[C@@H]2CCC[C@@H]2N(C)C)c1. The molecule has 1 aliphatic carbocycles. The molecule has 0 aromatic carbocycles. The minimum atomic E-state index is 0.285. The molecule has 0 aliphatic heterocycles. The van der Waals surface area contributed by atoms with Gasteiger partial charge in [0, 0.05) is 50.2 Å². The molecule has 28 heavy (non-hydrogen) atoms. The molecule has 156 valence electrons. The van der Waals surface area contributed by atoms with Gasteiger partial charge in [-0.2, -0.15) is 0 Å². The van der Waals surface area contributed by atoms with Gasteiger partial charge in [-0.3, -0.25) is 14.8 Å². The molecular formula is C23H38N4O. The number of carbonyl (C=O) groups excluding carboxylic acids is 1. The fraction of sp³-hybridized carbons (Fsp3) is 0.696. The lowest BCUT2D eigenvalue weighted by atomic mass is 10.0. The van der Waals surface area contributed by atoms with Crippen molar-refractivity contribution in [3.05, 3.63) is 29.6 Å². The van der Waals surface area contributed by atoms with Crippen molar-refractivity contribution in [2.45, 2.75) is 64.8 Å². The highest BCUT2D eigenvalue weighted by molar-refractivity contribution is 5.79. The van der Waals surface area contributed by atoms with Gasteiger partial charge in [0.25, 0.3) is 0 Å². The van der Waals surface area contributed by atoms with E-state index in [1.165, 1.54) is 19.3 Å². The maximum absolute atomic E-state index is 12.7. The number of amides is 1. The molecule has 0 bridgehead atoms. The van der Waals surface area contributed by atoms with Crippen molar-refractivity contribution in [2.24, 2.45) is 10.9 Å². The van der Waals surface area contributed by atoms with E-state index in [4.69, 9.17) is 0 Å². The third-order valence-corrected chi connectivity index (χ3v) is 5.73. The summed E-state index contributed by atoms with van der Waals surface area (Å²) in [6, 6.07) is 4.68. The van der Waals surface area contributed by atoms with Gasteiger partial charge >= 0.3 is 0 Å². The van der Waals surface area contributed by atoms with Gasteiger partial charge in [-0.05, 0) is 76.7 Å². The molecule has 0 saturated heterocycles. The Morgan fingerprint density at radius 1 is 1.32 bits per heavy atom. The maximum atomic E-state index is 12.7. The zero-order chi connectivity index (χ0) is 20.4. The van der Waals surface area contributed by atoms with Gasteiger partial charge in [-0.15, -0.1) is 0 Å². The largest absolute Gasteiger partial charge is 0.343 e. The standard InChI is InChI=1S/C23H38N4O/c1-5-14-24-17-19-13-15-25-21(16-19)10-8-12-23(28)27(6-2)18-20-9-7-11-22(20)26(3)4/h13,15-17,20,22H,5-12,14,18H2,1-4H3/t20-,22-/m0/s1. The molecule has 1 saturated carbocycles. The predicted octanol–water partition coefficient (Wildman–Crippen LogP) is 3.81. The van der Waals surface area contributed by atoms with E-state index < -0.39 is 0 Å². The van der Waals surface area contributed by atoms with E-state index in [-0.39, 0.29) is 5.91 Å². The Balaban J connectivity index is 1.81. The minimum Gasteiger partial charge on any atom is -0.343 e. The molecular weight excluding hydrogens is 348 g/mol. The summed E-state index contributed by atoms with van der Waals surface area (Å²) in [6.07, 6.45) is 10.9. The Labute approximate surface area is 171 Å². The fourth-order valence-electron chi connectivity index (χ4n) is 4.19. The van der Waals surface area contributed by atoms with Gasteiger partial charge in [-0.25, -0.2) is 0 Å². The molecule has 5 nitrogen and oxygen atoms in total. The van der Waals surface area contributed by atoms with Gasteiger partial charge in [-0.1, -0.05) is 13.3 Å². The van der Waals surface area contributed by atoms with E-state index in [2.05, 4.69) is 53.8 Å². The molecule has 1 aliphatic rings. The van der Waals surface area contributed by atoms with Crippen LogP contribution in [-0.4, -0.2) is 66.7 Å². The Kier molecular flexibility index (Phi) is 9.62. The molecule has 1 amide bonds. The van der Waals surface area contributed by atoms with E-state index >= 15 is 0 Å². The summed E-state index contributed by atoms with van der Waals surface area (Å²) in [7, 11) is 4.32. The first kappa shape index (κ1) is 22.5. The summed E-state index contributed by atoms with van der Waals surface area (Å²) < 4.78 is 0. The van der Waals surface area contributed by atoms with Gasteiger partial charge in [0.15, 0.2) is 0 Å². The number of nitrogens with zero attached hydrogens (tertiary/aromatic N) is 4. The minimum absolute atomic E-state index is 0.285. The number of rotatable bonds is 11. The van der Waals surface area contributed by atoms with Crippen molar-refractivity contribution < 1.29 is 4.79 Å². The van der Waals surface area contributed by atoms with Crippen molar-refractivity contribution in [3.8, 4) is 0 Å². The second-order valence-corrected chi connectivity index (χ2v) is 8.12. The second-order valence-electron chi connectivity index (χ2n) is 8.12. The van der Waals surface area contributed by atoms with Crippen molar-refractivity contribution in [1.29, 1.82) is 0 Å². The summed E-state index contributed by atoms with van der Waals surface area (Å²) in [5.41, 5.74) is 2.13. The molecule has 0 radical (unpaired) electrons. The summed E-state index contributed by atoms with van der Waals surface area (Å²) >= 11 is 0. The van der Waals surface area contributed by atoms with E-state index in [0.29, 0.717) is 18.4 Å². The Morgan fingerprint density at radius 2 is 2.14 bits per heavy atom. The van der Waals surface area contributed by atoms with Crippen LogP contribution in [0.1, 0.15) is 63.6 Å². The third-order valence-electron chi connectivity index (χ3n) is 5.73. The highest BCUT2D eigenvalue weighted by atomic mass is 16.2. The van der Waals surface area contributed by atoms with E-state index in [9.17, 15) is 4.79 Å². The van der Waals surface area contributed by atoms with Crippen LogP contribution in [0.15, 0.2) is 23.3 Å². The Morgan fingerprint density at radius 3 is 2.86 bits per heavy atom. The number of aryl methyl sites for hydroxylation is 1. The lowest BCUT2D eigenvalue weighted by molar-refractivity contribution is -0.131. The average molecular weight is 387 g/mol. The van der Waals surface area contributed by atoms with Crippen LogP contribution in [0.2, 0.25) is 0 Å². The molecule has 1 aromatic heterocycles. The van der Waals surface area contributed by atoms with Gasteiger partial charge in [0.2, 0.25) is 5.91 Å². The molecule has 1 aromatic rings. The molecule has 2 atom stereocenters. The van der Waals surface area contributed by atoms with E-state index in [1.54, 1.807) is 0 Å². The molecule has 1 fully saturated rings. The molecule has 0 N–H and O–H groups in total. The molecule has 2 rings (SSSR count). The van der Waals surface area contributed by atoms with Crippen LogP contribution in [0.5, 0.6) is 0 Å². The van der Waals surface area contributed by atoms with Crippen molar-refractivity contribution in [3.63, 3.8) is 0 Å². The predicted molar refractivity (Wildman–Crippen MR) is 117 cm³/mol. The third kappa shape index (κ3) is 7.01. The number of pyridine rings is 1. The van der Waals surface area contributed by atoms with Crippen LogP contribution in [0.25, 0.3) is 0 Å². The smallest absolute Gasteiger partial charge is 0.222 e. The maximum Gasteiger partial charge on any atom is 0.222 e. The first-order valence-electron chi connectivity index (χ1n) is 10.9. The number of aliphatic imine (C=N–C) groups is 1. The summed E-state index contributed by atoms with van der Waals surface area (Å²) in [6.45, 7) is 6.78. The van der Waals surface area contributed by atoms with Crippen molar-refractivity contribution in [1.82, 2.24) is 14.8 Å². The number of hydrogen-bond acceptors (Lipinski definition) is 4. The fourth-order valence-corrected chi connectivity index (χ4v) is 4.19. The van der Waals surface area contributed by atoms with Crippen molar-refractivity contribution in [2.75, 3.05) is 33.7 Å². The van der Waals surface area contributed by atoms with E-state index in [1.807, 2.05) is 18.5 Å². The number of hydrogen-bond donors (Lipinski definition) is 0. The number of carbonyl (C=O) groups is 1. The average Bonchev–Trinajstić information content (AvgIpc) is 3.15. The molecule has 1 heterocycles. The summed E-state index contributed by atoms with van der Waals surface area (Å²) in [4.78, 5) is 26.0. The van der Waals surface area contributed by atoms with Gasteiger partial charge < -0.3 is 9.80 Å².